The Balaban J connectivity index is 1.54. The van der Waals surface area contributed by atoms with Crippen LogP contribution in [-0.4, -0.2) is 34.3 Å². The fraction of sp³-hybridized carbons (Fsp3) is 0.471. The van der Waals surface area contributed by atoms with Gasteiger partial charge in [0.25, 0.3) is 0 Å². The number of aromatic carboxylic acids is 1. The minimum Gasteiger partial charge on any atom is -0.478 e. The van der Waals surface area contributed by atoms with E-state index in [1.807, 2.05) is 0 Å². The van der Waals surface area contributed by atoms with Gasteiger partial charge in [0.15, 0.2) is 0 Å². The van der Waals surface area contributed by atoms with Crippen molar-refractivity contribution in [3.8, 4) is 11.4 Å². The molecule has 2 aromatic rings. The summed E-state index contributed by atoms with van der Waals surface area (Å²) in [6.45, 7) is 2.25. The molecule has 0 spiro atoms. The maximum atomic E-state index is 10.8. The Bertz CT molecular complexity index is 645. The lowest BCUT2D eigenvalue weighted by Gasteiger charge is -2.21. The second-order valence-corrected chi connectivity index (χ2v) is 5.98. The number of carboxylic acid groups (broad SMARTS) is 1. The van der Waals surface area contributed by atoms with Gasteiger partial charge in [0.2, 0.25) is 11.7 Å². The molecule has 1 saturated heterocycles. The van der Waals surface area contributed by atoms with Gasteiger partial charge in [-0.1, -0.05) is 17.3 Å². The predicted molar refractivity (Wildman–Crippen MR) is 85.2 cm³/mol. The van der Waals surface area contributed by atoms with Crippen LogP contribution in [-0.2, 0) is 6.42 Å². The molecule has 1 aliphatic heterocycles. The number of piperidine rings is 1. The molecule has 2 heterocycles. The molecule has 0 atom stereocenters. The number of aromatic nitrogens is 2. The SMILES string of the molecule is O=C(O)c1ccc(-c2noc(CCCC3CCNCC3)n2)cc1. The first-order chi connectivity index (χ1) is 11.2. The standard InChI is InChI=1S/C17H21N3O3/c21-17(22)14-6-4-13(5-7-14)16-19-15(23-20-16)3-1-2-12-8-10-18-11-9-12/h4-7,12,18H,1-3,8-11H2,(H,21,22). The summed E-state index contributed by atoms with van der Waals surface area (Å²) in [7, 11) is 0. The molecule has 0 unspecified atom stereocenters. The van der Waals surface area contributed by atoms with Gasteiger partial charge in [-0.3, -0.25) is 0 Å². The van der Waals surface area contributed by atoms with Crippen LogP contribution in [0.15, 0.2) is 28.8 Å². The third-order valence-electron chi connectivity index (χ3n) is 4.32. The van der Waals surface area contributed by atoms with E-state index in [0.717, 1.165) is 37.4 Å². The lowest BCUT2D eigenvalue weighted by molar-refractivity contribution is 0.0697. The van der Waals surface area contributed by atoms with Crippen LogP contribution in [0.25, 0.3) is 11.4 Å². The first kappa shape index (κ1) is 15.7. The molecule has 3 rings (SSSR count). The highest BCUT2D eigenvalue weighted by atomic mass is 16.5. The lowest BCUT2D eigenvalue weighted by atomic mass is 9.92. The average molecular weight is 315 g/mol. The van der Waals surface area contributed by atoms with E-state index >= 15 is 0 Å². The maximum absolute atomic E-state index is 10.8. The second-order valence-electron chi connectivity index (χ2n) is 5.98. The molecule has 23 heavy (non-hydrogen) atoms. The molecular formula is C17H21N3O3. The van der Waals surface area contributed by atoms with Crippen LogP contribution in [0, 0.1) is 5.92 Å². The van der Waals surface area contributed by atoms with E-state index in [9.17, 15) is 4.79 Å². The number of aryl methyl sites for hydroxylation is 1. The highest BCUT2D eigenvalue weighted by molar-refractivity contribution is 5.88. The van der Waals surface area contributed by atoms with Crippen LogP contribution in [0.5, 0.6) is 0 Å². The topological polar surface area (TPSA) is 88.2 Å². The highest BCUT2D eigenvalue weighted by Crippen LogP contribution is 2.20. The Morgan fingerprint density at radius 1 is 1.26 bits per heavy atom. The molecule has 0 bridgehead atoms. The van der Waals surface area contributed by atoms with E-state index < -0.39 is 5.97 Å². The molecule has 6 nitrogen and oxygen atoms in total. The summed E-state index contributed by atoms with van der Waals surface area (Å²) in [4.78, 5) is 15.2. The van der Waals surface area contributed by atoms with E-state index in [0.29, 0.717) is 11.7 Å². The van der Waals surface area contributed by atoms with Crippen molar-refractivity contribution in [1.82, 2.24) is 15.5 Å². The largest absolute Gasteiger partial charge is 0.478 e. The third kappa shape index (κ3) is 4.16. The zero-order valence-electron chi connectivity index (χ0n) is 13.0. The molecule has 1 aromatic heterocycles. The summed E-state index contributed by atoms with van der Waals surface area (Å²) in [5, 5.41) is 16.3. The maximum Gasteiger partial charge on any atom is 0.335 e. The van der Waals surface area contributed by atoms with Crippen molar-refractivity contribution in [2.75, 3.05) is 13.1 Å². The molecule has 1 aliphatic rings. The Morgan fingerprint density at radius 3 is 2.70 bits per heavy atom. The fourth-order valence-electron chi connectivity index (χ4n) is 2.95. The summed E-state index contributed by atoms with van der Waals surface area (Å²) in [6.07, 6.45) is 5.57. The zero-order valence-corrected chi connectivity index (χ0v) is 13.0. The van der Waals surface area contributed by atoms with Crippen molar-refractivity contribution in [1.29, 1.82) is 0 Å². The minimum atomic E-state index is -0.941. The Kier molecular flexibility index (Phi) is 5.02. The van der Waals surface area contributed by atoms with Gasteiger partial charge in [0.1, 0.15) is 0 Å². The molecular weight excluding hydrogens is 294 g/mol. The van der Waals surface area contributed by atoms with Crippen LogP contribution >= 0.6 is 0 Å². The molecule has 0 aliphatic carbocycles. The van der Waals surface area contributed by atoms with Gasteiger partial charge < -0.3 is 14.9 Å². The highest BCUT2D eigenvalue weighted by Gasteiger charge is 2.14. The van der Waals surface area contributed by atoms with Crippen molar-refractivity contribution >= 4 is 5.97 Å². The Labute approximate surface area is 134 Å². The van der Waals surface area contributed by atoms with E-state index in [2.05, 4.69) is 15.5 Å². The smallest absolute Gasteiger partial charge is 0.335 e. The van der Waals surface area contributed by atoms with Gasteiger partial charge in [-0.05, 0) is 56.8 Å². The fourth-order valence-corrected chi connectivity index (χ4v) is 2.95. The summed E-state index contributed by atoms with van der Waals surface area (Å²) in [5.41, 5.74) is 1.02. The molecule has 0 radical (unpaired) electrons. The van der Waals surface area contributed by atoms with Crippen molar-refractivity contribution in [3.05, 3.63) is 35.7 Å². The van der Waals surface area contributed by atoms with Crippen LogP contribution in [0.3, 0.4) is 0 Å². The number of nitrogens with zero attached hydrogens (tertiary/aromatic N) is 2. The average Bonchev–Trinajstić information content (AvgIpc) is 3.05. The number of rotatable bonds is 6. The summed E-state index contributed by atoms with van der Waals surface area (Å²) < 4.78 is 5.30. The van der Waals surface area contributed by atoms with E-state index in [1.165, 1.54) is 19.3 Å². The first-order valence-electron chi connectivity index (χ1n) is 8.09. The lowest BCUT2D eigenvalue weighted by Crippen LogP contribution is -2.27. The normalized spacial score (nSPS) is 15.7. The molecule has 122 valence electrons. The summed E-state index contributed by atoms with van der Waals surface area (Å²) in [6, 6.07) is 6.50. The van der Waals surface area contributed by atoms with Crippen molar-refractivity contribution in [3.63, 3.8) is 0 Å². The molecule has 6 heteroatoms. The van der Waals surface area contributed by atoms with Gasteiger partial charge in [-0.15, -0.1) is 0 Å². The zero-order chi connectivity index (χ0) is 16.1. The van der Waals surface area contributed by atoms with Gasteiger partial charge in [0, 0.05) is 12.0 Å². The minimum absolute atomic E-state index is 0.249. The Morgan fingerprint density at radius 2 is 2.00 bits per heavy atom. The Hall–Kier alpha value is -2.21. The van der Waals surface area contributed by atoms with Crippen molar-refractivity contribution < 1.29 is 14.4 Å². The van der Waals surface area contributed by atoms with Crippen molar-refractivity contribution in [2.24, 2.45) is 5.92 Å². The number of carboxylic acids is 1. The number of nitrogens with one attached hydrogen (secondary N) is 1. The van der Waals surface area contributed by atoms with Gasteiger partial charge in [-0.2, -0.15) is 4.98 Å². The molecule has 0 saturated carbocycles. The predicted octanol–water partition coefficient (Wildman–Crippen LogP) is 2.76. The van der Waals surface area contributed by atoms with Crippen LogP contribution in [0.1, 0.15) is 41.9 Å². The third-order valence-corrected chi connectivity index (χ3v) is 4.32. The van der Waals surface area contributed by atoms with Gasteiger partial charge in [0.05, 0.1) is 5.56 Å². The number of hydrogen-bond donors (Lipinski definition) is 2. The van der Waals surface area contributed by atoms with E-state index in [1.54, 1.807) is 24.3 Å². The summed E-state index contributed by atoms with van der Waals surface area (Å²) >= 11 is 0. The van der Waals surface area contributed by atoms with Crippen LogP contribution in [0.4, 0.5) is 0 Å². The van der Waals surface area contributed by atoms with Gasteiger partial charge in [-0.25, -0.2) is 4.79 Å². The van der Waals surface area contributed by atoms with Crippen LogP contribution in [0.2, 0.25) is 0 Å². The molecule has 2 N–H and O–H groups in total. The summed E-state index contributed by atoms with van der Waals surface area (Å²) in [5.74, 6) is 1.03. The number of hydrogen-bond acceptors (Lipinski definition) is 5. The molecule has 1 aromatic carbocycles. The van der Waals surface area contributed by atoms with Gasteiger partial charge >= 0.3 is 5.97 Å². The quantitative estimate of drug-likeness (QED) is 0.852. The monoisotopic (exact) mass is 315 g/mol. The van der Waals surface area contributed by atoms with Crippen LogP contribution < -0.4 is 5.32 Å². The van der Waals surface area contributed by atoms with E-state index in [4.69, 9.17) is 9.63 Å². The first-order valence-corrected chi connectivity index (χ1v) is 8.09. The van der Waals surface area contributed by atoms with E-state index in [-0.39, 0.29) is 5.56 Å². The molecule has 1 fully saturated rings. The number of carbonyl (C=O) groups is 1. The molecule has 0 amide bonds. The van der Waals surface area contributed by atoms with Crippen molar-refractivity contribution in [2.45, 2.75) is 32.1 Å². The number of benzene rings is 1. The second kappa shape index (κ2) is 7.37.